The number of aliphatic hydroxyl groups is 1. The number of nitrogens with zero attached hydrogens (tertiary/aromatic N) is 3. The van der Waals surface area contributed by atoms with Gasteiger partial charge in [-0.05, 0) is 134 Å². The number of carbonyl (C=O) groups excluding carboxylic acids is 1. The van der Waals surface area contributed by atoms with Crippen LogP contribution in [0.15, 0.2) is 95.7 Å². The standard InChI is InChI=1S/C47H54ClN5O6S/c1-31-24-40(13-15-43(31)58-30-32-4-11-38(54)12-5-32)60(56,57)51-46(55)41-14-10-37(26-44(41)59-39-25-34-17-19-49-45(34)50-28-39)53-22-20-52(21-23-53)29-35-16-18-47(2,3)27-42(35)33-6-8-36(48)9-7-33/h6-10,13-15,17,19,24-26,28,32,38,54H,4-5,11-12,16,18,20-23,27,29-30H2,1-3H3,(H,49,50)(H,51,55). The van der Waals surface area contributed by atoms with Crippen molar-refractivity contribution in [2.75, 3.05) is 44.2 Å². The topological polar surface area (TPSA) is 137 Å². The number of ether oxygens (including phenoxy) is 2. The predicted octanol–water partition coefficient (Wildman–Crippen LogP) is 9.15. The summed E-state index contributed by atoms with van der Waals surface area (Å²) >= 11 is 6.25. The van der Waals surface area contributed by atoms with Gasteiger partial charge in [-0.25, -0.2) is 18.1 Å². The monoisotopic (exact) mass is 851 g/mol. The number of aryl methyl sites for hydroxylation is 1. The first-order chi connectivity index (χ1) is 28.8. The minimum atomic E-state index is -4.26. The lowest BCUT2D eigenvalue weighted by Gasteiger charge is -2.39. The molecule has 2 fully saturated rings. The molecule has 1 amide bonds. The molecule has 1 saturated carbocycles. The molecular formula is C47H54ClN5O6S. The zero-order valence-corrected chi connectivity index (χ0v) is 36.1. The first-order valence-corrected chi connectivity index (χ1v) is 22.8. The number of piperazine rings is 1. The zero-order valence-electron chi connectivity index (χ0n) is 34.5. The Morgan fingerprint density at radius 3 is 2.48 bits per heavy atom. The van der Waals surface area contributed by atoms with Crippen molar-refractivity contribution in [2.24, 2.45) is 11.3 Å². The summed E-state index contributed by atoms with van der Waals surface area (Å²) in [7, 11) is -4.26. The highest BCUT2D eigenvalue weighted by molar-refractivity contribution is 7.90. The molecule has 11 nitrogen and oxygen atoms in total. The number of carbonyl (C=O) groups is 1. The number of hydrogen-bond acceptors (Lipinski definition) is 9. The molecule has 1 saturated heterocycles. The summed E-state index contributed by atoms with van der Waals surface area (Å²) in [4.78, 5) is 26.2. The number of sulfonamides is 1. The van der Waals surface area contributed by atoms with E-state index in [0.29, 0.717) is 35.2 Å². The van der Waals surface area contributed by atoms with Crippen LogP contribution in [-0.2, 0) is 10.0 Å². The number of allylic oxidation sites excluding steroid dienone is 1. The second kappa shape index (κ2) is 17.6. The van der Waals surface area contributed by atoms with Crippen LogP contribution in [0.1, 0.15) is 80.3 Å². The van der Waals surface area contributed by atoms with E-state index in [2.05, 4.69) is 50.5 Å². The van der Waals surface area contributed by atoms with Crippen molar-refractivity contribution in [3.05, 3.63) is 112 Å². The van der Waals surface area contributed by atoms with E-state index in [9.17, 15) is 18.3 Å². The van der Waals surface area contributed by atoms with Gasteiger partial charge in [-0.2, -0.15) is 0 Å². The number of rotatable bonds is 12. The van der Waals surface area contributed by atoms with Crippen LogP contribution in [0, 0.1) is 18.3 Å². The maximum atomic E-state index is 13.9. The number of benzene rings is 3. The van der Waals surface area contributed by atoms with Crippen LogP contribution in [0.3, 0.4) is 0 Å². The number of H-pyrrole nitrogens is 1. The Kier molecular flexibility index (Phi) is 12.3. The minimum Gasteiger partial charge on any atom is -0.493 e. The molecule has 0 atom stereocenters. The third-order valence-electron chi connectivity index (χ3n) is 12.3. The van der Waals surface area contributed by atoms with Gasteiger partial charge in [-0.3, -0.25) is 9.69 Å². The average molecular weight is 852 g/mol. The molecule has 3 aromatic carbocycles. The van der Waals surface area contributed by atoms with Crippen molar-refractivity contribution in [1.82, 2.24) is 19.6 Å². The van der Waals surface area contributed by atoms with Crippen molar-refractivity contribution in [2.45, 2.75) is 76.7 Å². The van der Waals surface area contributed by atoms with E-state index in [0.717, 1.165) is 93.8 Å². The first kappa shape index (κ1) is 41.8. The maximum Gasteiger partial charge on any atom is 0.268 e. The summed E-state index contributed by atoms with van der Waals surface area (Å²) in [5.74, 6) is 0.754. The van der Waals surface area contributed by atoms with Crippen molar-refractivity contribution >= 4 is 49.8 Å². The number of amides is 1. The summed E-state index contributed by atoms with van der Waals surface area (Å²) < 4.78 is 42.0. The zero-order chi connectivity index (χ0) is 42.0. The van der Waals surface area contributed by atoms with Crippen LogP contribution >= 0.6 is 11.6 Å². The van der Waals surface area contributed by atoms with E-state index in [-0.39, 0.29) is 27.7 Å². The summed E-state index contributed by atoms with van der Waals surface area (Å²) in [6, 6.07) is 21.8. The Morgan fingerprint density at radius 2 is 1.73 bits per heavy atom. The Balaban J connectivity index is 0.979. The lowest BCUT2D eigenvalue weighted by Crippen LogP contribution is -2.47. The summed E-state index contributed by atoms with van der Waals surface area (Å²) in [6.45, 7) is 11.2. The van der Waals surface area contributed by atoms with Crippen LogP contribution in [0.25, 0.3) is 16.6 Å². The minimum absolute atomic E-state index is 0.0476. The van der Waals surface area contributed by atoms with Crippen molar-refractivity contribution < 1.29 is 27.8 Å². The highest BCUT2D eigenvalue weighted by Crippen LogP contribution is 2.43. The van der Waals surface area contributed by atoms with Gasteiger partial charge < -0.3 is 24.5 Å². The molecule has 5 aromatic rings. The Labute approximate surface area is 357 Å². The average Bonchev–Trinajstić information content (AvgIpc) is 3.70. The second-order valence-electron chi connectivity index (χ2n) is 17.4. The quantitative estimate of drug-likeness (QED) is 0.112. The van der Waals surface area contributed by atoms with E-state index in [1.54, 1.807) is 31.5 Å². The van der Waals surface area contributed by atoms with E-state index < -0.39 is 15.9 Å². The largest absolute Gasteiger partial charge is 0.493 e. The fourth-order valence-corrected chi connectivity index (χ4v) is 9.86. The van der Waals surface area contributed by atoms with E-state index in [1.807, 2.05) is 36.4 Å². The van der Waals surface area contributed by atoms with Gasteiger partial charge in [0.1, 0.15) is 22.9 Å². The molecule has 2 aliphatic carbocycles. The fourth-order valence-electron chi connectivity index (χ4n) is 8.69. The van der Waals surface area contributed by atoms with Crippen molar-refractivity contribution in [3.8, 4) is 17.2 Å². The smallest absolute Gasteiger partial charge is 0.268 e. The van der Waals surface area contributed by atoms with Crippen LogP contribution < -0.4 is 19.1 Å². The number of aromatic amines is 1. The van der Waals surface area contributed by atoms with E-state index in [4.69, 9.17) is 21.1 Å². The molecule has 316 valence electrons. The number of halogens is 1. The molecule has 0 spiro atoms. The highest BCUT2D eigenvalue weighted by atomic mass is 35.5. The molecule has 3 N–H and O–H groups in total. The van der Waals surface area contributed by atoms with Gasteiger partial charge in [-0.1, -0.05) is 43.2 Å². The Morgan fingerprint density at radius 1 is 0.967 bits per heavy atom. The van der Waals surface area contributed by atoms with E-state index in [1.165, 1.54) is 28.8 Å². The number of aliphatic hydroxyl groups excluding tert-OH is 1. The number of pyridine rings is 1. The molecule has 0 unspecified atom stereocenters. The second-order valence-corrected chi connectivity index (χ2v) is 19.5. The molecule has 8 rings (SSSR count). The number of aromatic nitrogens is 2. The van der Waals surface area contributed by atoms with Crippen molar-refractivity contribution in [1.29, 1.82) is 0 Å². The summed E-state index contributed by atoms with van der Waals surface area (Å²) in [6.07, 6.45) is 9.70. The first-order valence-electron chi connectivity index (χ1n) is 21.0. The Hall–Kier alpha value is -4.88. The molecular weight excluding hydrogens is 798 g/mol. The van der Waals surface area contributed by atoms with Crippen molar-refractivity contribution in [3.63, 3.8) is 0 Å². The number of hydrogen-bond donors (Lipinski definition) is 3. The molecule has 0 radical (unpaired) electrons. The van der Waals surface area contributed by atoms with Gasteiger partial charge in [0, 0.05) is 61.1 Å². The third-order valence-corrected chi connectivity index (χ3v) is 13.9. The summed E-state index contributed by atoms with van der Waals surface area (Å²) in [5, 5.41) is 11.4. The third kappa shape index (κ3) is 9.84. The van der Waals surface area contributed by atoms with Gasteiger partial charge in [0.05, 0.1) is 29.4 Å². The summed E-state index contributed by atoms with van der Waals surface area (Å²) in [5.41, 5.74) is 6.72. The van der Waals surface area contributed by atoms with Gasteiger partial charge in [0.2, 0.25) is 0 Å². The van der Waals surface area contributed by atoms with Crippen LogP contribution in [0.2, 0.25) is 5.02 Å². The van der Waals surface area contributed by atoms with Gasteiger partial charge in [0.15, 0.2) is 0 Å². The molecule has 3 aliphatic rings. The highest BCUT2D eigenvalue weighted by Gasteiger charge is 2.30. The van der Waals surface area contributed by atoms with Gasteiger partial charge in [-0.15, -0.1) is 0 Å². The number of fused-ring (bicyclic) bond motifs is 1. The van der Waals surface area contributed by atoms with Crippen LogP contribution in [0.4, 0.5) is 5.69 Å². The Bertz CT molecular complexity index is 2490. The fraction of sp³-hybridized carbons (Fsp3) is 0.404. The normalized spacial score (nSPS) is 20.0. The van der Waals surface area contributed by atoms with Crippen LogP contribution in [-0.4, -0.2) is 79.7 Å². The molecule has 60 heavy (non-hydrogen) atoms. The van der Waals surface area contributed by atoms with E-state index >= 15 is 0 Å². The lowest BCUT2D eigenvalue weighted by molar-refractivity contribution is 0.0915. The van der Waals surface area contributed by atoms with Gasteiger partial charge in [0.25, 0.3) is 15.9 Å². The molecule has 2 aromatic heterocycles. The number of nitrogens with one attached hydrogen (secondary N) is 2. The molecule has 0 bridgehead atoms. The predicted molar refractivity (Wildman–Crippen MR) is 237 cm³/mol. The molecule has 1 aliphatic heterocycles. The SMILES string of the molecule is Cc1cc(S(=O)(=O)NC(=O)c2ccc(N3CCN(CC4=C(c5ccc(Cl)cc5)CC(C)(C)CC4)CC3)cc2Oc2cnc3[nH]ccc3c2)ccc1OCC1CCC(O)CC1. The maximum absolute atomic E-state index is 13.9. The molecule has 3 heterocycles. The number of anilines is 1. The van der Waals surface area contributed by atoms with Gasteiger partial charge >= 0.3 is 0 Å². The molecule has 13 heteroatoms. The lowest BCUT2D eigenvalue weighted by atomic mass is 9.72. The van der Waals surface area contributed by atoms with Crippen LogP contribution in [0.5, 0.6) is 17.2 Å².